The lowest BCUT2D eigenvalue weighted by molar-refractivity contribution is -0.135. The second-order valence-electron chi connectivity index (χ2n) is 4.17. The molecule has 0 saturated carbocycles. The van der Waals surface area contributed by atoms with Gasteiger partial charge < -0.3 is 4.74 Å². The zero-order valence-corrected chi connectivity index (χ0v) is 12.8. The molecule has 0 aliphatic heterocycles. The molecule has 0 heterocycles. The minimum absolute atomic E-state index is 0.211. The monoisotopic (exact) mass is 340 g/mol. The standard InChI is InChI=1S/C18H13BrO2/c19-17-11-8-16(9-12-17)10-13-18(20)21-14-4-7-15-5-2-1-3-6-15/h1-9,11-12H,14H2/b7-4+. The minimum atomic E-state index is -0.532. The molecule has 0 radical (unpaired) electrons. The second kappa shape index (κ2) is 8.08. The number of hydrogen-bond acceptors (Lipinski definition) is 2. The van der Waals surface area contributed by atoms with E-state index in [9.17, 15) is 4.79 Å². The lowest BCUT2D eigenvalue weighted by Gasteiger charge is -1.95. The average Bonchev–Trinajstić information content (AvgIpc) is 2.52. The molecular formula is C18H13BrO2. The molecule has 0 aromatic heterocycles. The van der Waals surface area contributed by atoms with E-state index in [4.69, 9.17) is 4.74 Å². The van der Waals surface area contributed by atoms with Gasteiger partial charge in [0.15, 0.2) is 0 Å². The summed E-state index contributed by atoms with van der Waals surface area (Å²) in [6, 6.07) is 17.2. The van der Waals surface area contributed by atoms with Crippen molar-refractivity contribution in [2.24, 2.45) is 0 Å². The van der Waals surface area contributed by atoms with E-state index in [2.05, 4.69) is 27.8 Å². The van der Waals surface area contributed by atoms with Gasteiger partial charge in [0.2, 0.25) is 0 Å². The first kappa shape index (κ1) is 15.1. The summed E-state index contributed by atoms with van der Waals surface area (Å²) >= 11 is 3.34. The highest BCUT2D eigenvalue weighted by Crippen LogP contribution is 2.09. The Morgan fingerprint density at radius 2 is 1.81 bits per heavy atom. The minimum Gasteiger partial charge on any atom is -0.452 e. The van der Waals surface area contributed by atoms with Crippen molar-refractivity contribution >= 4 is 28.0 Å². The molecule has 2 aromatic rings. The van der Waals surface area contributed by atoms with E-state index < -0.39 is 5.97 Å². The van der Waals surface area contributed by atoms with Gasteiger partial charge in [-0.25, -0.2) is 4.79 Å². The molecule has 2 rings (SSSR count). The number of hydrogen-bond donors (Lipinski definition) is 0. The summed E-state index contributed by atoms with van der Waals surface area (Å²) in [5.41, 5.74) is 1.84. The zero-order chi connectivity index (χ0) is 14.9. The third kappa shape index (κ3) is 5.68. The highest BCUT2D eigenvalue weighted by atomic mass is 79.9. The van der Waals surface area contributed by atoms with Crippen LogP contribution in [0, 0.1) is 11.8 Å². The molecule has 0 N–H and O–H groups in total. The Morgan fingerprint density at radius 1 is 1.10 bits per heavy atom. The quantitative estimate of drug-likeness (QED) is 0.622. The average molecular weight is 341 g/mol. The Hall–Kier alpha value is -2.31. The van der Waals surface area contributed by atoms with Crippen LogP contribution in [0.3, 0.4) is 0 Å². The Morgan fingerprint density at radius 3 is 2.52 bits per heavy atom. The lowest BCUT2D eigenvalue weighted by atomic mass is 10.2. The van der Waals surface area contributed by atoms with Gasteiger partial charge in [-0.05, 0) is 35.9 Å². The lowest BCUT2D eigenvalue weighted by Crippen LogP contribution is -2.00. The molecule has 0 atom stereocenters. The van der Waals surface area contributed by atoms with E-state index in [-0.39, 0.29) is 6.61 Å². The number of esters is 1. The highest BCUT2D eigenvalue weighted by Gasteiger charge is 1.94. The first-order valence-corrected chi connectivity index (χ1v) is 7.19. The van der Waals surface area contributed by atoms with Gasteiger partial charge in [0.25, 0.3) is 0 Å². The third-order valence-electron chi connectivity index (χ3n) is 2.57. The summed E-state index contributed by atoms with van der Waals surface area (Å²) in [6.45, 7) is 0.211. The fourth-order valence-electron chi connectivity index (χ4n) is 1.56. The number of carbonyl (C=O) groups excluding carboxylic acids is 1. The van der Waals surface area contributed by atoms with Crippen molar-refractivity contribution in [3.05, 3.63) is 76.3 Å². The van der Waals surface area contributed by atoms with Crippen molar-refractivity contribution in [3.8, 4) is 11.8 Å². The van der Waals surface area contributed by atoms with Crippen molar-refractivity contribution in [3.63, 3.8) is 0 Å². The summed E-state index contributed by atoms with van der Waals surface area (Å²) < 4.78 is 5.97. The largest absolute Gasteiger partial charge is 0.452 e. The van der Waals surface area contributed by atoms with Gasteiger partial charge in [0, 0.05) is 16.0 Å². The smallest absolute Gasteiger partial charge is 0.385 e. The van der Waals surface area contributed by atoms with E-state index in [0.717, 1.165) is 15.6 Å². The summed E-state index contributed by atoms with van der Waals surface area (Å²) in [6.07, 6.45) is 3.68. The SMILES string of the molecule is O=C(C#Cc1ccc(Br)cc1)OC/C=C/c1ccccc1. The molecule has 2 nitrogen and oxygen atoms in total. The Kier molecular flexibility index (Phi) is 5.81. The number of ether oxygens (including phenoxy) is 1. The molecule has 0 unspecified atom stereocenters. The normalized spacial score (nSPS) is 9.95. The van der Waals surface area contributed by atoms with Gasteiger partial charge in [-0.15, -0.1) is 0 Å². The maximum Gasteiger partial charge on any atom is 0.385 e. The number of halogens is 1. The second-order valence-corrected chi connectivity index (χ2v) is 5.08. The van der Waals surface area contributed by atoms with Crippen molar-refractivity contribution in [1.29, 1.82) is 0 Å². The number of rotatable bonds is 3. The molecule has 0 aliphatic rings. The Balaban J connectivity index is 1.80. The van der Waals surface area contributed by atoms with E-state index >= 15 is 0 Å². The van der Waals surface area contributed by atoms with Gasteiger partial charge >= 0.3 is 5.97 Å². The topological polar surface area (TPSA) is 26.3 Å². The molecule has 3 heteroatoms. The molecule has 0 amide bonds. The fraction of sp³-hybridized carbons (Fsp3) is 0.0556. The van der Waals surface area contributed by atoms with Crippen LogP contribution in [0.4, 0.5) is 0 Å². The van der Waals surface area contributed by atoms with Crippen LogP contribution in [0.5, 0.6) is 0 Å². The molecule has 0 bridgehead atoms. The number of carbonyl (C=O) groups is 1. The van der Waals surface area contributed by atoms with Crippen LogP contribution in [-0.2, 0) is 9.53 Å². The summed E-state index contributed by atoms with van der Waals surface area (Å²) in [5, 5.41) is 0. The molecule has 2 aromatic carbocycles. The first-order chi connectivity index (χ1) is 10.2. The predicted octanol–water partition coefficient (Wildman–Crippen LogP) is 4.06. The van der Waals surface area contributed by atoms with Crippen LogP contribution in [0.15, 0.2) is 65.1 Å². The van der Waals surface area contributed by atoms with Gasteiger partial charge in [-0.1, -0.05) is 58.3 Å². The van der Waals surface area contributed by atoms with Gasteiger partial charge in [-0.2, -0.15) is 0 Å². The molecular weight excluding hydrogens is 328 g/mol. The maximum atomic E-state index is 11.5. The van der Waals surface area contributed by atoms with Crippen LogP contribution in [0.2, 0.25) is 0 Å². The number of benzene rings is 2. The van der Waals surface area contributed by atoms with Crippen molar-refractivity contribution < 1.29 is 9.53 Å². The molecule has 0 spiro atoms. The van der Waals surface area contributed by atoms with Gasteiger partial charge in [0.1, 0.15) is 6.61 Å². The third-order valence-corrected chi connectivity index (χ3v) is 3.10. The van der Waals surface area contributed by atoms with Crippen molar-refractivity contribution in [2.75, 3.05) is 6.61 Å². The van der Waals surface area contributed by atoms with E-state index in [1.807, 2.05) is 60.7 Å². The van der Waals surface area contributed by atoms with E-state index in [0.29, 0.717) is 0 Å². The predicted molar refractivity (Wildman–Crippen MR) is 87.5 cm³/mol. The van der Waals surface area contributed by atoms with Crippen molar-refractivity contribution in [1.82, 2.24) is 0 Å². The van der Waals surface area contributed by atoms with Gasteiger partial charge in [-0.3, -0.25) is 0 Å². The highest BCUT2D eigenvalue weighted by molar-refractivity contribution is 9.10. The molecule has 0 saturated heterocycles. The summed E-state index contributed by atoms with van der Waals surface area (Å²) in [7, 11) is 0. The van der Waals surface area contributed by atoms with Crippen LogP contribution in [-0.4, -0.2) is 12.6 Å². The van der Waals surface area contributed by atoms with Crippen LogP contribution in [0.1, 0.15) is 11.1 Å². The van der Waals surface area contributed by atoms with E-state index in [1.165, 1.54) is 0 Å². The van der Waals surface area contributed by atoms with E-state index in [1.54, 1.807) is 6.08 Å². The molecule has 21 heavy (non-hydrogen) atoms. The molecule has 0 fully saturated rings. The van der Waals surface area contributed by atoms with Crippen LogP contribution < -0.4 is 0 Å². The van der Waals surface area contributed by atoms with Crippen LogP contribution >= 0.6 is 15.9 Å². The summed E-state index contributed by atoms with van der Waals surface area (Å²) in [4.78, 5) is 11.5. The first-order valence-electron chi connectivity index (χ1n) is 6.40. The Bertz CT molecular complexity index is 677. The maximum absolute atomic E-state index is 11.5. The fourth-order valence-corrected chi connectivity index (χ4v) is 1.83. The summed E-state index contributed by atoms with van der Waals surface area (Å²) in [5.74, 6) is 4.69. The zero-order valence-electron chi connectivity index (χ0n) is 11.3. The molecule has 104 valence electrons. The van der Waals surface area contributed by atoms with Gasteiger partial charge in [0.05, 0.1) is 0 Å². The van der Waals surface area contributed by atoms with Crippen LogP contribution in [0.25, 0.3) is 6.08 Å². The Labute approximate surface area is 132 Å². The van der Waals surface area contributed by atoms with Crippen molar-refractivity contribution in [2.45, 2.75) is 0 Å². The molecule has 0 aliphatic carbocycles.